The lowest BCUT2D eigenvalue weighted by atomic mass is 10.1. The van der Waals surface area contributed by atoms with E-state index in [4.69, 9.17) is 5.73 Å². The van der Waals surface area contributed by atoms with Gasteiger partial charge in [-0.3, -0.25) is 0 Å². The molecule has 0 aromatic heterocycles. The zero-order valence-corrected chi connectivity index (χ0v) is 11.4. The lowest BCUT2D eigenvalue weighted by Crippen LogP contribution is -2.26. The summed E-state index contributed by atoms with van der Waals surface area (Å²) in [6, 6.07) is 4.64. The van der Waals surface area contributed by atoms with Gasteiger partial charge in [-0.2, -0.15) is 0 Å². The maximum absolute atomic E-state index is 11.6. The Morgan fingerprint density at radius 1 is 1.24 bits per heavy atom. The Bertz CT molecular complexity index is 504. The zero-order chi connectivity index (χ0) is 13.3. The fourth-order valence-corrected chi connectivity index (χ4v) is 2.11. The van der Waals surface area contributed by atoms with Crippen molar-refractivity contribution in [2.45, 2.75) is 31.2 Å². The quantitative estimate of drug-likeness (QED) is 0.714. The molecule has 6 heteroatoms. The minimum atomic E-state index is -3.44. The molecule has 0 radical (unpaired) electrons. The van der Waals surface area contributed by atoms with Crippen LogP contribution in [0.2, 0.25) is 0 Å². The first-order chi connectivity index (χ1) is 7.65. The highest BCUT2D eigenvalue weighted by Crippen LogP contribution is 2.25. The molecular weight excluding hydrogens is 238 g/mol. The molecule has 4 N–H and O–H groups in total. The van der Waals surface area contributed by atoms with Crippen molar-refractivity contribution in [3.63, 3.8) is 0 Å². The fraction of sp³-hybridized carbons (Fsp3) is 0.455. The Hall–Kier alpha value is -1.27. The van der Waals surface area contributed by atoms with E-state index >= 15 is 0 Å². The summed E-state index contributed by atoms with van der Waals surface area (Å²) in [6.45, 7) is 6.01. The molecule has 1 aromatic rings. The minimum absolute atomic E-state index is 0.127. The van der Waals surface area contributed by atoms with Gasteiger partial charge < -0.3 is 11.1 Å². The Balaban J connectivity index is 3.11. The topological polar surface area (TPSA) is 84.2 Å². The van der Waals surface area contributed by atoms with Crippen LogP contribution in [0.3, 0.4) is 0 Å². The van der Waals surface area contributed by atoms with Crippen molar-refractivity contribution in [2.24, 2.45) is 0 Å². The lowest BCUT2D eigenvalue weighted by molar-refractivity contribution is 0.588. The van der Waals surface area contributed by atoms with Crippen LogP contribution in [0.5, 0.6) is 0 Å². The highest BCUT2D eigenvalue weighted by atomic mass is 32.2. The third kappa shape index (κ3) is 3.61. The van der Waals surface area contributed by atoms with E-state index in [1.165, 1.54) is 19.2 Å². The molecule has 0 aliphatic rings. The van der Waals surface area contributed by atoms with Crippen LogP contribution < -0.4 is 15.8 Å². The molecule has 0 aliphatic carbocycles. The Kier molecular flexibility index (Phi) is 3.68. The number of rotatable bonds is 3. The molecule has 96 valence electrons. The normalized spacial score (nSPS) is 12.5. The first-order valence-electron chi connectivity index (χ1n) is 5.27. The number of benzene rings is 1. The number of nitrogen functional groups attached to an aromatic ring is 1. The van der Waals surface area contributed by atoms with Crippen LogP contribution >= 0.6 is 0 Å². The van der Waals surface area contributed by atoms with Gasteiger partial charge in [0.15, 0.2) is 0 Å². The highest BCUT2D eigenvalue weighted by Gasteiger charge is 2.15. The van der Waals surface area contributed by atoms with Gasteiger partial charge in [0.25, 0.3) is 0 Å². The number of nitrogens with two attached hydrogens (primary N) is 1. The summed E-state index contributed by atoms with van der Waals surface area (Å²) in [7, 11) is -2.07. The number of nitrogens with one attached hydrogen (secondary N) is 2. The Morgan fingerprint density at radius 2 is 1.82 bits per heavy atom. The second-order valence-electron chi connectivity index (χ2n) is 4.83. The summed E-state index contributed by atoms with van der Waals surface area (Å²) in [6.07, 6.45) is 0. The van der Waals surface area contributed by atoms with Crippen molar-refractivity contribution in [1.82, 2.24) is 4.72 Å². The molecule has 0 fully saturated rings. The molecule has 0 spiro atoms. The molecule has 0 saturated heterocycles. The smallest absolute Gasteiger partial charge is 0.240 e. The molecular formula is C11H19N3O2S. The average molecular weight is 257 g/mol. The largest absolute Gasteiger partial charge is 0.397 e. The van der Waals surface area contributed by atoms with Crippen molar-refractivity contribution in [1.29, 1.82) is 0 Å². The summed E-state index contributed by atoms with van der Waals surface area (Å²) < 4.78 is 25.4. The van der Waals surface area contributed by atoms with Crippen LogP contribution in [-0.4, -0.2) is 21.0 Å². The van der Waals surface area contributed by atoms with E-state index in [-0.39, 0.29) is 10.4 Å². The van der Waals surface area contributed by atoms with Crippen LogP contribution in [0, 0.1) is 0 Å². The summed E-state index contributed by atoms with van der Waals surface area (Å²) in [5.41, 5.74) is 6.84. The number of sulfonamides is 1. The van der Waals surface area contributed by atoms with Gasteiger partial charge in [0.05, 0.1) is 16.3 Å². The molecule has 0 atom stereocenters. The van der Waals surface area contributed by atoms with E-state index < -0.39 is 10.0 Å². The monoisotopic (exact) mass is 257 g/mol. The predicted octanol–water partition coefficient (Wildman–Crippen LogP) is 1.39. The molecule has 0 saturated carbocycles. The number of hydrogen-bond donors (Lipinski definition) is 3. The van der Waals surface area contributed by atoms with Crippen LogP contribution in [-0.2, 0) is 10.0 Å². The predicted molar refractivity (Wildman–Crippen MR) is 70.5 cm³/mol. The molecule has 17 heavy (non-hydrogen) atoms. The second-order valence-corrected chi connectivity index (χ2v) is 6.72. The van der Waals surface area contributed by atoms with Crippen LogP contribution in [0.4, 0.5) is 11.4 Å². The SMILES string of the molecule is CNS(=O)(=O)c1ccc(NC(C)(C)C)c(N)c1. The summed E-state index contributed by atoms with van der Waals surface area (Å²) in [5.74, 6) is 0. The highest BCUT2D eigenvalue weighted by molar-refractivity contribution is 7.89. The van der Waals surface area contributed by atoms with Crippen molar-refractivity contribution in [2.75, 3.05) is 18.1 Å². The first kappa shape index (κ1) is 13.8. The molecule has 0 amide bonds. The summed E-state index contributed by atoms with van der Waals surface area (Å²) in [5, 5.41) is 3.21. The van der Waals surface area contributed by atoms with Gasteiger partial charge in [-0.05, 0) is 46.0 Å². The van der Waals surface area contributed by atoms with Crippen molar-refractivity contribution in [3.8, 4) is 0 Å². The Labute approximate surface area is 102 Å². The van der Waals surface area contributed by atoms with Gasteiger partial charge in [0.2, 0.25) is 10.0 Å². The van der Waals surface area contributed by atoms with Crippen molar-refractivity contribution < 1.29 is 8.42 Å². The fourth-order valence-electron chi connectivity index (χ4n) is 1.34. The average Bonchev–Trinajstić information content (AvgIpc) is 2.19. The van der Waals surface area contributed by atoms with Gasteiger partial charge in [0, 0.05) is 5.54 Å². The number of hydrogen-bond acceptors (Lipinski definition) is 4. The van der Waals surface area contributed by atoms with Gasteiger partial charge in [-0.1, -0.05) is 0 Å². The second kappa shape index (κ2) is 4.54. The number of anilines is 2. The molecule has 1 aromatic carbocycles. The van der Waals surface area contributed by atoms with E-state index in [0.717, 1.165) is 5.69 Å². The first-order valence-corrected chi connectivity index (χ1v) is 6.75. The van der Waals surface area contributed by atoms with Gasteiger partial charge in [0.1, 0.15) is 0 Å². The van der Waals surface area contributed by atoms with Crippen molar-refractivity contribution >= 4 is 21.4 Å². The molecule has 1 rings (SSSR count). The van der Waals surface area contributed by atoms with Gasteiger partial charge in [-0.25, -0.2) is 13.1 Å². The van der Waals surface area contributed by atoms with Crippen molar-refractivity contribution in [3.05, 3.63) is 18.2 Å². The molecule has 0 unspecified atom stereocenters. The third-order valence-electron chi connectivity index (χ3n) is 2.11. The minimum Gasteiger partial charge on any atom is -0.397 e. The third-order valence-corrected chi connectivity index (χ3v) is 3.52. The standard InChI is InChI=1S/C11H19N3O2S/c1-11(2,3)14-10-6-5-8(7-9(10)12)17(15,16)13-4/h5-7,13-14H,12H2,1-4H3. The van der Waals surface area contributed by atoms with E-state index in [2.05, 4.69) is 10.0 Å². The van der Waals surface area contributed by atoms with Gasteiger partial charge in [-0.15, -0.1) is 0 Å². The lowest BCUT2D eigenvalue weighted by Gasteiger charge is -2.23. The molecule has 0 heterocycles. The van der Waals surface area contributed by atoms with E-state index in [0.29, 0.717) is 5.69 Å². The zero-order valence-electron chi connectivity index (χ0n) is 10.5. The van der Waals surface area contributed by atoms with E-state index in [9.17, 15) is 8.42 Å². The van der Waals surface area contributed by atoms with Gasteiger partial charge >= 0.3 is 0 Å². The maximum Gasteiger partial charge on any atom is 0.240 e. The summed E-state index contributed by atoms with van der Waals surface area (Å²) in [4.78, 5) is 0.164. The molecule has 0 aliphatic heterocycles. The maximum atomic E-state index is 11.6. The van der Waals surface area contributed by atoms with Crippen LogP contribution in [0.1, 0.15) is 20.8 Å². The van der Waals surface area contributed by atoms with E-state index in [1.807, 2.05) is 20.8 Å². The Morgan fingerprint density at radius 3 is 2.24 bits per heavy atom. The van der Waals surface area contributed by atoms with Crippen LogP contribution in [0.15, 0.2) is 23.1 Å². The molecule has 0 bridgehead atoms. The molecule has 5 nitrogen and oxygen atoms in total. The van der Waals surface area contributed by atoms with Crippen LogP contribution in [0.25, 0.3) is 0 Å². The summed E-state index contributed by atoms with van der Waals surface area (Å²) >= 11 is 0. The van der Waals surface area contributed by atoms with E-state index in [1.54, 1.807) is 6.07 Å².